The topological polar surface area (TPSA) is 57.6 Å². The lowest BCUT2D eigenvalue weighted by Gasteiger charge is -2.26. The van der Waals surface area contributed by atoms with Crippen LogP contribution in [0.15, 0.2) is 23.1 Å². The van der Waals surface area contributed by atoms with E-state index in [-0.39, 0.29) is 17.5 Å². The van der Waals surface area contributed by atoms with Gasteiger partial charge >= 0.3 is 0 Å². The van der Waals surface area contributed by atoms with Crippen LogP contribution in [0.25, 0.3) is 0 Å². The van der Waals surface area contributed by atoms with Gasteiger partial charge in [0.15, 0.2) is 0 Å². The lowest BCUT2D eigenvalue weighted by molar-refractivity contribution is 0.280. The van der Waals surface area contributed by atoms with Crippen molar-refractivity contribution in [3.05, 3.63) is 29.3 Å². The molecule has 1 aromatic carbocycles. The Balaban J connectivity index is 2.36. The Bertz CT molecular complexity index is 577. The Morgan fingerprint density at radius 2 is 2.00 bits per heavy atom. The van der Waals surface area contributed by atoms with Crippen molar-refractivity contribution in [1.82, 2.24) is 4.31 Å². The van der Waals surface area contributed by atoms with E-state index >= 15 is 0 Å². The summed E-state index contributed by atoms with van der Waals surface area (Å²) in [5.41, 5.74) is 1.57. The predicted octanol–water partition coefficient (Wildman–Crippen LogP) is 2.30. The number of nitrogens with zero attached hydrogens (tertiary/aromatic N) is 1. The zero-order valence-electron chi connectivity index (χ0n) is 12.3. The molecule has 0 spiro atoms. The summed E-state index contributed by atoms with van der Waals surface area (Å²) in [7, 11) is -3.48. The minimum Gasteiger partial charge on any atom is -0.392 e. The third kappa shape index (κ3) is 3.22. The molecule has 0 saturated heterocycles. The van der Waals surface area contributed by atoms with Gasteiger partial charge in [-0.2, -0.15) is 4.31 Å². The molecule has 5 heteroatoms. The quantitative estimate of drug-likeness (QED) is 0.876. The number of benzene rings is 1. The second-order valence-corrected chi connectivity index (χ2v) is 7.75. The van der Waals surface area contributed by atoms with Crippen LogP contribution in [0, 0.1) is 12.8 Å². The second-order valence-electron chi connectivity index (χ2n) is 5.86. The lowest BCUT2D eigenvalue weighted by Crippen LogP contribution is -2.38. The summed E-state index contributed by atoms with van der Waals surface area (Å²) in [6, 6.07) is 4.92. The molecule has 1 aliphatic rings. The van der Waals surface area contributed by atoms with Gasteiger partial charge in [0.05, 0.1) is 11.5 Å². The van der Waals surface area contributed by atoms with Gasteiger partial charge in [-0.25, -0.2) is 8.42 Å². The molecule has 0 unspecified atom stereocenters. The van der Waals surface area contributed by atoms with Crippen LogP contribution >= 0.6 is 0 Å². The second kappa shape index (κ2) is 5.84. The first-order valence-corrected chi connectivity index (χ1v) is 8.52. The van der Waals surface area contributed by atoms with Crippen LogP contribution in [0.4, 0.5) is 0 Å². The van der Waals surface area contributed by atoms with E-state index in [0.717, 1.165) is 18.4 Å². The van der Waals surface area contributed by atoms with E-state index in [1.54, 1.807) is 22.5 Å². The van der Waals surface area contributed by atoms with Gasteiger partial charge in [-0.15, -0.1) is 0 Å². The summed E-state index contributed by atoms with van der Waals surface area (Å²) in [6.07, 6.45) is 2.24. The van der Waals surface area contributed by atoms with Gasteiger partial charge in [-0.1, -0.05) is 6.07 Å². The molecule has 1 aromatic rings. The van der Waals surface area contributed by atoms with Crippen LogP contribution in [-0.2, 0) is 16.6 Å². The summed E-state index contributed by atoms with van der Waals surface area (Å²) in [5, 5.41) is 9.30. The van der Waals surface area contributed by atoms with E-state index in [4.69, 9.17) is 0 Å². The molecule has 2 rings (SSSR count). The SMILES string of the molecule is Cc1ccc(S(=O)(=O)N(CC2CC2)C(C)C)cc1CO. The van der Waals surface area contributed by atoms with Gasteiger partial charge in [0.1, 0.15) is 0 Å². The molecular weight excluding hydrogens is 274 g/mol. The van der Waals surface area contributed by atoms with E-state index in [0.29, 0.717) is 18.0 Å². The largest absolute Gasteiger partial charge is 0.392 e. The molecule has 1 aliphatic carbocycles. The van der Waals surface area contributed by atoms with Crippen LogP contribution in [-0.4, -0.2) is 30.4 Å². The molecule has 0 radical (unpaired) electrons. The molecule has 1 fully saturated rings. The number of hydrogen-bond acceptors (Lipinski definition) is 3. The lowest BCUT2D eigenvalue weighted by atomic mass is 10.1. The Kier molecular flexibility index (Phi) is 4.52. The van der Waals surface area contributed by atoms with Crippen molar-refractivity contribution >= 4 is 10.0 Å². The van der Waals surface area contributed by atoms with Gasteiger partial charge in [-0.3, -0.25) is 0 Å². The summed E-state index contributed by atoms with van der Waals surface area (Å²) >= 11 is 0. The number of aliphatic hydroxyl groups excluding tert-OH is 1. The van der Waals surface area contributed by atoms with E-state index < -0.39 is 10.0 Å². The van der Waals surface area contributed by atoms with Crippen LogP contribution in [0.1, 0.15) is 37.8 Å². The van der Waals surface area contributed by atoms with Gasteiger partial charge in [-0.05, 0) is 62.8 Å². The number of aryl methyl sites for hydroxylation is 1. The van der Waals surface area contributed by atoms with E-state index in [2.05, 4.69) is 0 Å². The smallest absolute Gasteiger partial charge is 0.243 e. The monoisotopic (exact) mass is 297 g/mol. The molecule has 112 valence electrons. The van der Waals surface area contributed by atoms with Crippen LogP contribution in [0.5, 0.6) is 0 Å². The molecule has 4 nitrogen and oxygen atoms in total. The van der Waals surface area contributed by atoms with Crippen molar-refractivity contribution in [3.8, 4) is 0 Å². The molecule has 0 heterocycles. The first-order valence-electron chi connectivity index (χ1n) is 7.08. The average Bonchev–Trinajstić information content (AvgIpc) is 3.19. The third-order valence-electron chi connectivity index (χ3n) is 3.81. The van der Waals surface area contributed by atoms with Crippen molar-refractivity contribution in [2.75, 3.05) is 6.54 Å². The highest BCUT2D eigenvalue weighted by molar-refractivity contribution is 7.89. The van der Waals surface area contributed by atoms with Gasteiger partial charge in [0.2, 0.25) is 10.0 Å². The summed E-state index contributed by atoms with van der Waals surface area (Å²) in [5.74, 6) is 0.509. The van der Waals surface area contributed by atoms with E-state index in [1.165, 1.54) is 0 Å². The molecular formula is C15H23NO3S. The van der Waals surface area contributed by atoms with Crippen LogP contribution in [0.2, 0.25) is 0 Å². The molecule has 0 atom stereocenters. The fraction of sp³-hybridized carbons (Fsp3) is 0.600. The first kappa shape index (κ1) is 15.5. The highest BCUT2D eigenvalue weighted by Gasteiger charge is 2.33. The standard InChI is InChI=1S/C15H23NO3S/c1-11(2)16(9-13-5-6-13)20(18,19)15-7-4-12(3)14(8-15)10-17/h4,7-8,11,13,17H,5-6,9-10H2,1-3H3. The molecule has 0 amide bonds. The van der Waals surface area contributed by atoms with Crippen LogP contribution in [0.3, 0.4) is 0 Å². The zero-order valence-corrected chi connectivity index (χ0v) is 13.2. The number of sulfonamides is 1. The molecule has 1 N–H and O–H groups in total. The fourth-order valence-corrected chi connectivity index (χ4v) is 4.02. The minimum absolute atomic E-state index is 0.0560. The van der Waals surface area contributed by atoms with Gasteiger partial charge in [0, 0.05) is 12.6 Å². The zero-order chi connectivity index (χ0) is 14.9. The van der Waals surface area contributed by atoms with Crippen molar-refractivity contribution in [1.29, 1.82) is 0 Å². The Morgan fingerprint density at radius 3 is 2.50 bits per heavy atom. The number of aliphatic hydroxyl groups is 1. The minimum atomic E-state index is -3.48. The number of rotatable bonds is 6. The third-order valence-corrected chi connectivity index (χ3v) is 5.85. The van der Waals surface area contributed by atoms with Crippen LogP contribution < -0.4 is 0 Å². The molecule has 0 aliphatic heterocycles. The first-order chi connectivity index (χ1) is 9.36. The Labute approximate surface area is 121 Å². The summed E-state index contributed by atoms with van der Waals surface area (Å²) in [6.45, 7) is 6.14. The molecule has 20 heavy (non-hydrogen) atoms. The maximum absolute atomic E-state index is 12.8. The predicted molar refractivity (Wildman–Crippen MR) is 78.9 cm³/mol. The molecule has 0 aromatic heterocycles. The highest BCUT2D eigenvalue weighted by Crippen LogP contribution is 2.32. The average molecular weight is 297 g/mol. The Hall–Kier alpha value is -0.910. The fourth-order valence-electron chi connectivity index (χ4n) is 2.26. The number of hydrogen-bond donors (Lipinski definition) is 1. The summed E-state index contributed by atoms with van der Waals surface area (Å²) in [4.78, 5) is 0.279. The molecule has 1 saturated carbocycles. The highest BCUT2D eigenvalue weighted by atomic mass is 32.2. The van der Waals surface area contributed by atoms with Crippen molar-refractivity contribution in [3.63, 3.8) is 0 Å². The maximum Gasteiger partial charge on any atom is 0.243 e. The molecule has 0 bridgehead atoms. The van der Waals surface area contributed by atoms with Crippen molar-refractivity contribution in [2.24, 2.45) is 5.92 Å². The Morgan fingerprint density at radius 1 is 1.35 bits per heavy atom. The van der Waals surface area contributed by atoms with Crippen molar-refractivity contribution in [2.45, 2.75) is 51.2 Å². The van der Waals surface area contributed by atoms with Gasteiger partial charge < -0.3 is 5.11 Å². The van der Waals surface area contributed by atoms with Crippen molar-refractivity contribution < 1.29 is 13.5 Å². The maximum atomic E-state index is 12.8. The summed E-state index contributed by atoms with van der Waals surface area (Å²) < 4.78 is 27.1. The normalized spacial score (nSPS) is 16.1. The van der Waals surface area contributed by atoms with E-state index in [9.17, 15) is 13.5 Å². The van der Waals surface area contributed by atoms with Gasteiger partial charge in [0.25, 0.3) is 0 Å². The van der Waals surface area contributed by atoms with E-state index in [1.807, 2.05) is 20.8 Å².